The highest BCUT2D eigenvalue weighted by Gasteiger charge is 2.35. The summed E-state index contributed by atoms with van der Waals surface area (Å²) < 4.78 is 13.1. The van der Waals surface area contributed by atoms with Gasteiger partial charge in [-0.3, -0.25) is 4.79 Å². The van der Waals surface area contributed by atoms with E-state index in [0.29, 0.717) is 12.0 Å². The molecule has 3 N–H and O–H groups in total. The first-order valence-corrected chi connectivity index (χ1v) is 4.81. The Balaban J connectivity index is 3.26. The first-order valence-electron chi connectivity index (χ1n) is 4.81. The summed E-state index contributed by atoms with van der Waals surface area (Å²) in [5, 5.41) is 2.87. The van der Waals surface area contributed by atoms with E-state index in [2.05, 4.69) is 5.32 Å². The van der Waals surface area contributed by atoms with Crippen LogP contribution >= 0.6 is 0 Å². The van der Waals surface area contributed by atoms with Crippen molar-refractivity contribution in [1.82, 2.24) is 5.32 Å². The molecule has 0 saturated carbocycles. The number of likely N-dealkylation sites (N-methyl/N-ethyl adjacent to an activating group) is 1. The lowest BCUT2D eigenvalue weighted by atomic mass is 9.86. The monoisotopic (exact) mass is 210 g/mol. The molecule has 82 valence electrons. The fraction of sp³-hybridized carbons (Fsp3) is 0.364. The molecule has 3 nitrogen and oxygen atoms in total. The van der Waals surface area contributed by atoms with Crippen molar-refractivity contribution in [3.63, 3.8) is 0 Å². The number of hydrogen-bond acceptors (Lipinski definition) is 2. The lowest BCUT2D eigenvalue weighted by Crippen LogP contribution is -2.50. The Morgan fingerprint density at radius 1 is 1.60 bits per heavy atom. The van der Waals surface area contributed by atoms with Gasteiger partial charge in [0.25, 0.3) is 0 Å². The molecule has 0 aliphatic carbocycles. The predicted molar refractivity (Wildman–Crippen MR) is 56.6 cm³/mol. The second kappa shape index (κ2) is 4.40. The van der Waals surface area contributed by atoms with E-state index < -0.39 is 11.4 Å². The summed E-state index contributed by atoms with van der Waals surface area (Å²) in [6, 6.07) is 5.91. The molecule has 15 heavy (non-hydrogen) atoms. The van der Waals surface area contributed by atoms with Crippen LogP contribution in [0.15, 0.2) is 24.3 Å². The zero-order chi connectivity index (χ0) is 11.5. The lowest BCUT2D eigenvalue weighted by molar-refractivity contribution is -0.124. The first-order chi connectivity index (χ1) is 7.06. The van der Waals surface area contributed by atoms with Crippen molar-refractivity contribution >= 4 is 5.91 Å². The number of halogens is 1. The quantitative estimate of drug-likeness (QED) is 0.782. The summed E-state index contributed by atoms with van der Waals surface area (Å²) in [7, 11) is 1.64. The smallest absolute Gasteiger partial charge is 0.242 e. The van der Waals surface area contributed by atoms with Gasteiger partial charge in [-0.05, 0) is 31.2 Å². The van der Waals surface area contributed by atoms with Gasteiger partial charge in [0.2, 0.25) is 5.91 Å². The van der Waals surface area contributed by atoms with Gasteiger partial charge < -0.3 is 11.1 Å². The molecule has 1 amide bonds. The van der Waals surface area contributed by atoms with Crippen LogP contribution in [0, 0.1) is 5.82 Å². The van der Waals surface area contributed by atoms with E-state index in [-0.39, 0.29) is 5.82 Å². The summed E-state index contributed by atoms with van der Waals surface area (Å²) in [4.78, 5) is 11.4. The predicted octanol–water partition coefficient (Wildman–Crippen LogP) is 1.14. The van der Waals surface area contributed by atoms with Crippen molar-refractivity contribution in [3.05, 3.63) is 35.6 Å². The Hall–Kier alpha value is -1.42. The van der Waals surface area contributed by atoms with Crippen LogP contribution in [-0.4, -0.2) is 13.0 Å². The van der Waals surface area contributed by atoms with E-state index >= 15 is 0 Å². The molecule has 1 aromatic rings. The molecule has 4 heteroatoms. The molecular formula is C11H15FN2O. The molecule has 1 unspecified atom stereocenters. The van der Waals surface area contributed by atoms with Gasteiger partial charge in [0, 0.05) is 0 Å². The Kier molecular flexibility index (Phi) is 3.42. The van der Waals surface area contributed by atoms with Crippen LogP contribution in [0.2, 0.25) is 0 Å². The molecule has 0 heterocycles. The maximum absolute atomic E-state index is 13.1. The van der Waals surface area contributed by atoms with E-state index in [0.717, 1.165) is 0 Å². The van der Waals surface area contributed by atoms with Crippen LogP contribution < -0.4 is 11.1 Å². The SMILES string of the molecule is CCC(NC)(C(N)=O)c1cccc(F)c1. The average Bonchev–Trinajstić information content (AvgIpc) is 2.20. The number of nitrogens with two attached hydrogens (primary N) is 1. The zero-order valence-electron chi connectivity index (χ0n) is 8.88. The van der Waals surface area contributed by atoms with E-state index in [1.165, 1.54) is 12.1 Å². The summed E-state index contributed by atoms with van der Waals surface area (Å²) >= 11 is 0. The highest BCUT2D eigenvalue weighted by molar-refractivity contribution is 5.86. The van der Waals surface area contributed by atoms with Gasteiger partial charge in [0.1, 0.15) is 11.4 Å². The Bertz CT molecular complexity index is 361. The number of benzene rings is 1. The number of carbonyl (C=O) groups is 1. The van der Waals surface area contributed by atoms with Gasteiger partial charge in [-0.25, -0.2) is 4.39 Å². The van der Waals surface area contributed by atoms with Gasteiger partial charge in [-0.2, -0.15) is 0 Å². The molecule has 1 rings (SSSR count). The van der Waals surface area contributed by atoms with Crippen LogP contribution in [0.5, 0.6) is 0 Å². The molecule has 0 aliphatic rings. The molecule has 0 aromatic heterocycles. The molecule has 1 aromatic carbocycles. The highest BCUT2D eigenvalue weighted by atomic mass is 19.1. The van der Waals surface area contributed by atoms with Gasteiger partial charge >= 0.3 is 0 Å². The van der Waals surface area contributed by atoms with Gasteiger partial charge in [0.15, 0.2) is 0 Å². The topological polar surface area (TPSA) is 55.1 Å². The molecule has 0 saturated heterocycles. The van der Waals surface area contributed by atoms with Crippen molar-refractivity contribution in [2.24, 2.45) is 5.73 Å². The fourth-order valence-corrected chi connectivity index (χ4v) is 1.72. The number of rotatable bonds is 4. The first kappa shape index (κ1) is 11.7. The third kappa shape index (κ3) is 1.99. The molecule has 0 spiro atoms. The number of amides is 1. The number of carbonyl (C=O) groups excluding carboxylic acids is 1. The standard InChI is InChI=1S/C11H15FN2O/c1-3-11(14-2,10(13)15)8-5-4-6-9(12)7-8/h4-7,14H,3H2,1-2H3,(H2,13,15). The summed E-state index contributed by atoms with van der Waals surface area (Å²) in [6.45, 7) is 1.83. The van der Waals surface area contributed by atoms with Crippen LogP contribution in [0.3, 0.4) is 0 Å². The summed E-state index contributed by atoms with van der Waals surface area (Å²) in [5.74, 6) is -0.875. The molecule has 0 aliphatic heterocycles. The summed E-state index contributed by atoms with van der Waals surface area (Å²) in [6.07, 6.45) is 0.474. The maximum Gasteiger partial charge on any atom is 0.242 e. The average molecular weight is 210 g/mol. The number of nitrogens with one attached hydrogen (secondary N) is 1. The fourth-order valence-electron chi connectivity index (χ4n) is 1.72. The van der Waals surface area contributed by atoms with Crippen molar-refractivity contribution in [2.75, 3.05) is 7.05 Å². The van der Waals surface area contributed by atoms with Crippen LogP contribution in [0.4, 0.5) is 4.39 Å². The molecule has 0 radical (unpaired) electrons. The van der Waals surface area contributed by atoms with Crippen molar-refractivity contribution in [1.29, 1.82) is 0 Å². The molecule has 1 atom stereocenters. The van der Waals surface area contributed by atoms with E-state index in [1.54, 1.807) is 19.2 Å². The van der Waals surface area contributed by atoms with Crippen molar-refractivity contribution in [2.45, 2.75) is 18.9 Å². The Morgan fingerprint density at radius 3 is 2.67 bits per heavy atom. The minimum absolute atomic E-state index is 0.373. The molecule has 0 bridgehead atoms. The van der Waals surface area contributed by atoms with Crippen LogP contribution in [-0.2, 0) is 10.3 Å². The lowest BCUT2D eigenvalue weighted by Gasteiger charge is -2.29. The molecule has 0 fully saturated rings. The second-order valence-corrected chi connectivity index (χ2v) is 3.38. The zero-order valence-corrected chi connectivity index (χ0v) is 8.88. The van der Waals surface area contributed by atoms with E-state index in [4.69, 9.17) is 5.73 Å². The van der Waals surface area contributed by atoms with Crippen molar-refractivity contribution < 1.29 is 9.18 Å². The van der Waals surface area contributed by atoms with Gasteiger partial charge in [-0.15, -0.1) is 0 Å². The third-order valence-corrected chi connectivity index (χ3v) is 2.70. The normalized spacial score (nSPS) is 14.6. The van der Waals surface area contributed by atoms with E-state index in [9.17, 15) is 9.18 Å². The highest BCUT2D eigenvalue weighted by Crippen LogP contribution is 2.24. The second-order valence-electron chi connectivity index (χ2n) is 3.38. The minimum atomic E-state index is -0.984. The molecular weight excluding hydrogens is 195 g/mol. The Labute approximate surface area is 88.5 Å². The van der Waals surface area contributed by atoms with Crippen LogP contribution in [0.1, 0.15) is 18.9 Å². The third-order valence-electron chi connectivity index (χ3n) is 2.70. The van der Waals surface area contributed by atoms with E-state index in [1.807, 2.05) is 6.92 Å². The summed E-state index contributed by atoms with van der Waals surface area (Å²) in [5.41, 5.74) is 4.92. The van der Waals surface area contributed by atoms with Crippen molar-refractivity contribution in [3.8, 4) is 0 Å². The maximum atomic E-state index is 13.1. The number of primary amides is 1. The largest absolute Gasteiger partial charge is 0.368 e. The Morgan fingerprint density at radius 2 is 2.27 bits per heavy atom. The minimum Gasteiger partial charge on any atom is -0.368 e. The van der Waals surface area contributed by atoms with Gasteiger partial charge in [-0.1, -0.05) is 19.1 Å². The van der Waals surface area contributed by atoms with Gasteiger partial charge in [0.05, 0.1) is 0 Å². The van der Waals surface area contributed by atoms with Crippen LogP contribution in [0.25, 0.3) is 0 Å². The number of hydrogen-bond donors (Lipinski definition) is 2.